The first-order chi connectivity index (χ1) is 20.4. The first-order valence-electron chi connectivity index (χ1n) is 13.0. The average molecular weight is 549 g/mol. The summed E-state index contributed by atoms with van der Waals surface area (Å²) < 4.78 is 0. The topological polar surface area (TPSA) is 158 Å². The van der Waals surface area contributed by atoms with Gasteiger partial charge in [0.05, 0.1) is 41.1 Å². The Hall–Kier alpha value is -6.19. The SMILES string of the molecule is CCC(=NC1=C(/C=C/C=C(\C#N)C=C(C#N)C#N)CC\C1=C/C=C/C(C#N)=C(\c1ccccc1)C(C#N)C#N)N(C)C. The Kier molecular flexibility index (Phi) is 12.7. The molecule has 0 saturated carbocycles. The van der Waals surface area contributed by atoms with Crippen molar-refractivity contribution in [2.45, 2.75) is 26.2 Å². The molecule has 0 radical (unpaired) electrons. The lowest BCUT2D eigenvalue weighted by Gasteiger charge is -2.15. The van der Waals surface area contributed by atoms with E-state index < -0.39 is 5.92 Å². The van der Waals surface area contributed by atoms with Gasteiger partial charge in [-0.25, -0.2) is 4.99 Å². The van der Waals surface area contributed by atoms with Crippen LogP contribution >= 0.6 is 0 Å². The normalized spacial score (nSPS) is 15.0. The van der Waals surface area contributed by atoms with Crippen LogP contribution in [0.15, 0.2) is 111 Å². The van der Waals surface area contributed by atoms with Gasteiger partial charge in [-0.05, 0) is 47.8 Å². The molecule has 0 unspecified atom stereocenters. The van der Waals surface area contributed by atoms with Gasteiger partial charge in [0.1, 0.15) is 23.5 Å². The van der Waals surface area contributed by atoms with Crippen molar-refractivity contribution < 1.29 is 0 Å². The van der Waals surface area contributed by atoms with Gasteiger partial charge in [-0.3, -0.25) is 0 Å². The molecule has 0 N–H and O–H groups in total. The lowest BCUT2D eigenvalue weighted by Crippen LogP contribution is -2.21. The number of nitriles is 6. The molecule has 1 aromatic rings. The van der Waals surface area contributed by atoms with E-state index in [0.29, 0.717) is 30.4 Å². The monoisotopic (exact) mass is 548 g/mol. The molecule has 1 aliphatic carbocycles. The Morgan fingerprint density at radius 1 is 0.929 bits per heavy atom. The van der Waals surface area contributed by atoms with Gasteiger partial charge in [-0.15, -0.1) is 0 Å². The summed E-state index contributed by atoms with van der Waals surface area (Å²) in [6.45, 7) is 2.01. The molecule has 8 nitrogen and oxygen atoms in total. The smallest absolute Gasteiger partial charge is 0.160 e. The fourth-order valence-electron chi connectivity index (χ4n) is 4.14. The molecule has 0 aliphatic heterocycles. The Morgan fingerprint density at radius 2 is 1.62 bits per heavy atom. The molecule has 0 heterocycles. The molecule has 0 spiro atoms. The maximum Gasteiger partial charge on any atom is 0.160 e. The van der Waals surface area contributed by atoms with E-state index in [2.05, 4.69) is 6.07 Å². The minimum Gasteiger partial charge on any atom is -0.366 e. The number of benzene rings is 1. The highest BCUT2D eigenvalue weighted by atomic mass is 15.1. The molecule has 0 saturated heterocycles. The molecule has 0 amide bonds. The fourth-order valence-corrected chi connectivity index (χ4v) is 4.14. The van der Waals surface area contributed by atoms with Crippen LogP contribution in [0, 0.1) is 73.9 Å². The Labute approximate surface area is 247 Å². The molecule has 1 aromatic carbocycles. The zero-order chi connectivity index (χ0) is 30.9. The quantitative estimate of drug-likeness (QED) is 0.147. The van der Waals surface area contributed by atoms with E-state index in [0.717, 1.165) is 22.7 Å². The predicted octanol–water partition coefficient (Wildman–Crippen LogP) is 6.51. The van der Waals surface area contributed by atoms with Crippen molar-refractivity contribution in [3.8, 4) is 36.4 Å². The lowest BCUT2D eigenvalue weighted by atomic mass is 9.90. The fraction of sp³-hybridized carbons (Fsp3) is 0.206. The van der Waals surface area contributed by atoms with Crippen molar-refractivity contribution in [1.82, 2.24) is 4.90 Å². The summed E-state index contributed by atoms with van der Waals surface area (Å²) in [7, 11) is 3.84. The van der Waals surface area contributed by atoms with Crippen molar-refractivity contribution in [2.75, 3.05) is 14.1 Å². The van der Waals surface area contributed by atoms with Crippen LogP contribution in [-0.4, -0.2) is 24.8 Å². The molecule has 1 aliphatic rings. The van der Waals surface area contributed by atoms with E-state index >= 15 is 0 Å². The third-order valence-electron chi connectivity index (χ3n) is 6.19. The van der Waals surface area contributed by atoms with Crippen molar-refractivity contribution in [1.29, 1.82) is 31.6 Å². The van der Waals surface area contributed by atoms with Gasteiger partial charge in [-0.1, -0.05) is 61.6 Å². The Balaban J connectivity index is 2.62. The maximum absolute atomic E-state index is 9.93. The van der Waals surface area contributed by atoms with Gasteiger partial charge in [0.15, 0.2) is 5.92 Å². The molecule has 204 valence electrons. The number of rotatable bonds is 9. The average Bonchev–Trinajstić information content (AvgIpc) is 3.39. The molecular weight excluding hydrogens is 520 g/mol. The molecule has 2 rings (SSSR count). The van der Waals surface area contributed by atoms with E-state index in [9.17, 15) is 21.0 Å². The zero-order valence-electron chi connectivity index (χ0n) is 23.7. The standard InChI is InChI=1S/C34H28N8/c1-4-32(42(2)3)41-34-28(13-8-10-25(19-35)18-26(20-36)21-37)16-17-29(34)14-9-15-30(22-38)33(31(23-39)24-40)27-11-6-5-7-12-27/h5-15,18,31H,4,16-17H2,1-3H3/b13-8+,15-9+,25-10-,29-14+,33-30-,41-32?. The molecule has 0 atom stereocenters. The number of hydrogen-bond acceptors (Lipinski definition) is 7. The summed E-state index contributed by atoms with van der Waals surface area (Å²) in [6, 6.07) is 20.5. The molecule has 8 heteroatoms. The van der Waals surface area contributed by atoms with Crippen LogP contribution in [0.5, 0.6) is 0 Å². The van der Waals surface area contributed by atoms with Crippen LogP contribution in [0.3, 0.4) is 0 Å². The second kappa shape index (κ2) is 16.7. The van der Waals surface area contributed by atoms with Crippen molar-refractivity contribution >= 4 is 11.4 Å². The van der Waals surface area contributed by atoms with Crippen LogP contribution in [0.25, 0.3) is 5.57 Å². The van der Waals surface area contributed by atoms with Crippen molar-refractivity contribution in [3.05, 3.63) is 112 Å². The third kappa shape index (κ3) is 8.67. The van der Waals surface area contributed by atoms with Gasteiger partial charge < -0.3 is 4.90 Å². The van der Waals surface area contributed by atoms with Crippen molar-refractivity contribution in [2.24, 2.45) is 10.9 Å². The highest BCUT2D eigenvalue weighted by Gasteiger charge is 2.20. The number of amidine groups is 1. The number of allylic oxidation sites excluding steroid dienone is 13. The third-order valence-corrected chi connectivity index (χ3v) is 6.19. The summed E-state index contributed by atoms with van der Waals surface area (Å²) in [6.07, 6.45) is 13.6. The predicted molar refractivity (Wildman–Crippen MR) is 161 cm³/mol. The second-order valence-corrected chi connectivity index (χ2v) is 9.07. The van der Waals surface area contributed by atoms with E-state index in [4.69, 9.17) is 15.5 Å². The van der Waals surface area contributed by atoms with Gasteiger partial charge in [-0.2, -0.15) is 31.6 Å². The van der Waals surface area contributed by atoms with Crippen LogP contribution in [-0.2, 0) is 0 Å². The van der Waals surface area contributed by atoms with Gasteiger partial charge in [0, 0.05) is 26.1 Å². The largest absolute Gasteiger partial charge is 0.366 e. The Bertz CT molecular complexity index is 1650. The maximum atomic E-state index is 9.93. The van der Waals surface area contributed by atoms with Crippen molar-refractivity contribution in [3.63, 3.8) is 0 Å². The molecule has 0 aromatic heterocycles. The van der Waals surface area contributed by atoms with E-state index in [1.165, 1.54) is 12.2 Å². The van der Waals surface area contributed by atoms with Crippen LogP contribution in [0.2, 0.25) is 0 Å². The van der Waals surface area contributed by atoms with Crippen LogP contribution < -0.4 is 0 Å². The highest BCUT2D eigenvalue weighted by Crippen LogP contribution is 2.34. The molecular formula is C34H28N8. The Morgan fingerprint density at radius 3 is 2.17 bits per heavy atom. The first kappa shape index (κ1) is 32.0. The summed E-state index contributed by atoms with van der Waals surface area (Å²) in [5.74, 6) is -0.236. The molecule has 0 fully saturated rings. The first-order valence-corrected chi connectivity index (χ1v) is 13.0. The van der Waals surface area contributed by atoms with Crippen LogP contribution in [0.1, 0.15) is 31.7 Å². The van der Waals surface area contributed by atoms with E-state index in [1.807, 2.05) is 62.3 Å². The van der Waals surface area contributed by atoms with Crippen LogP contribution in [0.4, 0.5) is 0 Å². The highest BCUT2D eigenvalue weighted by molar-refractivity contribution is 5.83. The van der Waals surface area contributed by atoms with E-state index in [-0.39, 0.29) is 16.7 Å². The number of nitrogens with zero attached hydrogens (tertiary/aromatic N) is 8. The molecule has 42 heavy (non-hydrogen) atoms. The summed E-state index contributed by atoms with van der Waals surface area (Å²) >= 11 is 0. The van der Waals surface area contributed by atoms with Gasteiger partial charge in [0.25, 0.3) is 0 Å². The number of aliphatic imine (C=N–C) groups is 1. The second-order valence-electron chi connectivity index (χ2n) is 9.07. The zero-order valence-corrected chi connectivity index (χ0v) is 23.7. The van der Waals surface area contributed by atoms with E-state index in [1.54, 1.807) is 54.6 Å². The minimum atomic E-state index is -1.10. The number of hydrogen-bond donors (Lipinski definition) is 0. The lowest BCUT2D eigenvalue weighted by molar-refractivity contribution is 0.606. The molecule has 0 bridgehead atoms. The summed E-state index contributed by atoms with van der Waals surface area (Å²) in [5.41, 5.74) is 3.88. The summed E-state index contributed by atoms with van der Waals surface area (Å²) in [4.78, 5) is 6.87. The van der Waals surface area contributed by atoms with Gasteiger partial charge in [0.2, 0.25) is 0 Å². The summed E-state index contributed by atoms with van der Waals surface area (Å²) in [5, 5.41) is 56.4. The minimum absolute atomic E-state index is 0.158. The van der Waals surface area contributed by atoms with Gasteiger partial charge >= 0.3 is 0 Å².